The molecule has 6 rings (SSSR count). The predicted molar refractivity (Wildman–Crippen MR) is 123 cm³/mol. The summed E-state index contributed by atoms with van der Waals surface area (Å²) >= 11 is 1.73. The lowest BCUT2D eigenvalue weighted by molar-refractivity contribution is 0.0926. The Hall–Kier alpha value is -3.83. The van der Waals surface area contributed by atoms with Gasteiger partial charge in [0.25, 0.3) is 11.8 Å². The molecule has 148 valence electrons. The third-order valence-electron chi connectivity index (χ3n) is 5.57. The number of benzene rings is 4. The summed E-state index contributed by atoms with van der Waals surface area (Å²) in [5, 5.41) is 0. The first-order valence-corrected chi connectivity index (χ1v) is 10.8. The highest BCUT2D eigenvalue weighted by molar-refractivity contribution is 7.99. The molecule has 0 radical (unpaired) electrons. The zero-order valence-corrected chi connectivity index (χ0v) is 17.2. The monoisotopic (exact) mass is 420 g/mol. The molecule has 0 spiro atoms. The Morgan fingerprint density at radius 1 is 0.516 bits per heavy atom. The van der Waals surface area contributed by atoms with Crippen LogP contribution in [0.15, 0.2) is 107 Å². The first-order chi connectivity index (χ1) is 15.2. The second kappa shape index (κ2) is 6.86. The van der Waals surface area contributed by atoms with Crippen LogP contribution in [0.2, 0.25) is 0 Å². The van der Waals surface area contributed by atoms with Gasteiger partial charge in [-0.05, 0) is 54.6 Å². The highest BCUT2D eigenvalue weighted by Crippen LogP contribution is 2.51. The minimum atomic E-state index is -0.291. The summed E-state index contributed by atoms with van der Waals surface area (Å²) in [7, 11) is 0. The highest BCUT2D eigenvalue weighted by Gasteiger charge is 2.37. The van der Waals surface area contributed by atoms with Crippen molar-refractivity contribution in [3.63, 3.8) is 0 Å². The number of rotatable bonds is 2. The van der Waals surface area contributed by atoms with E-state index in [-0.39, 0.29) is 11.8 Å². The number of nitrogens with zero attached hydrogens (tertiary/aromatic N) is 2. The number of para-hydroxylation sites is 3. The summed E-state index contributed by atoms with van der Waals surface area (Å²) in [5.41, 5.74) is 4.42. The Bertz CT molecular complexity index is 1320. The smallest absolute Gasteiger partial charge is 0.266 e. The van der Waals surface area contributed by atoms with Crippen molar-refractivity contribution < 1.29 is 9.59 Å². The van der Waals surface area contributed by atoms with Crippen molar-refractivity contribution in [3.8, 4) is 0 Å². The van der Waals surface area contributed by atoms with Crippen molar-refractivity contribution in [1.82, 2.24) is 0 Å². The lowest BCUT2D eigenvalue weighted by Crippen LogP contribution is -2.29. The molecule has 0 saturated carbocycles. The second-order valence-electron chi connectivity index (χ2n) is 7.38. The molecule has 0 saturated heterocycles. The van der Waals surface area contributed by atoms with Crippen LogP contribution >= 0.6 is 11.8 Å². The van der Waals surface area contributed by atoms with E-state index in [4.69, 9.17) is 0 Å². The Morgan fingerprint density at radius 3 is 1.77 bits per heavy atom. The van der Waals surface area contributed by atoms with E-state index < -0.39 is 0 Å². The van der Waals surface area contributed by atoms with Crippen molar-refractivity contribution in [3.05, 3.63) is 108 Å². The number of carbonyl (C=O) groups excluding carboxylic acids is 2. The van der Waals surface area contributed by atoms with Gasteiger partial charge in [0.15, 0.2) is 0 Å². The number of fused-ring (bicyclic) bond motifs is 3. The number of hydrogen-bond donors (Lipinski definition) is 0. The zero-order chi connectivity index (χ0) is 20.9. The molecule has 0 atom stereocenters. The molecule has 0 aromatic heterocycles. The van der Waals surface area contributed by atoms with E-state index in [0.717, 1.165) is 26.9 Å². The van der Waals surface area contributed by atoms with Gasteiger partial charge in [-0.1, -0.05) is 54.2 Å². The molecule has 0 bridgehead atoms. The van der Waals surface area contributed by atoms with E-state index in [0.29, 0.717) is 16.8 Å². The molecule has 5 heteroatoms. The fourth-order valence-corrected chi connectivity index (χ4v) is 5.22. The summed E-state index contributed by atoms with van der Waals surface area (Å²) in [6, 6.07) is 31.0. The quantitative estimate of drug-likeness (QED) is 0.309. The molecule has 31 heavy (non-hydrogen) atoms. The van der Waals surface area contributed by atoms with Gasteiger partial charge >= 0.3 is 0 Å². The SMILES string of the molecule is O=C1c2ccc(N3c4ccccc4Sc4ccccc43)cc2C(=O)N1c1ccccc1. The summed E-state index contributed by atoms with van der Waals surface area (Å²) in [6.45, 7) is 0. The van der Waals surface area contributed by atoms with E-state index in [9.17, 15) is 9.59 Å². The molecule has 0 unspecified atom stereocenters. The van der Waals surface area contributed by atoms with Crippen molar-refractivity contribution in [1.29, 1.82) is 0 Å². The zero-order valence-electron chi connectivity index (χ0n) is 16.4. The molecule has 4 aromatic carbocycles. The van der Waals surface area contributed by atoms with Gasteiger partial charge < -0.3 is 4.90 Å². The van der Waals surface area contributed by atoms with Gasteiger partial charge in [0.05, 0.1) is 28.2 Å². The molecule has 0 fully saturated rings. The fraction of sp³-hybridized carbons (Fsp3) is 0. The maximum absolute atomic E-state index is 13.2. The van der Waals surface area contributed by atoms with Crippen molar-refractivity contribution in [2.45, 2.75) is 9.79 Å². The van der Waals surface area contributed by atoms with Gasteiger partial charge in [0.1, 0.15) is 0 Å². The van der Waals surface area contributed by atoms with Crippen LogP contribution in [0.1, 0.15) is 20.7 Å². The first kappa shape index (κ1) is 18.0. The number of hydrogen-bond acceptors (Lipinski definition) is 4. The van der Waals surface area contributed by atoms with E-state index >= 15 is 0 Å². The van der Waals surface area contributed by atoms with Crippen LogP contribution in [-0.4, -0.2) is 11.8 Å². The minimum absolute atomic E-state index is 0.284. The Balaban J connectivity index is 1.49. The standard InChI is InChI=1S/C26H16N2O2S/c29-25-19-15-14-18(16-20(19)26(30)28(25)17-8-2-1-3-9-17)27-21-10-4-6-12-23(21)31-24-13-7-5-11-22(24)27/h1-16H. The lowest BCUT2D eigenvalue weighted by atomic mass is 10.1. The maximum atomic E-state index is 13.2. The third-order valence-corrected chi connectivity index (χ3v) is 6.71. The van der Waals surface area contributed by atoms with Crippen LogP contribution in [0, 0.1) is 0 Å². The molecular weight excluding hydrogens is 404 g/mol. The molecule has 2 heterocycles. The van der Waals surface area contributed by atoms with Crippen LogP contribution in [0.3, 0.4) is 0 Å². The maximum Gasteiger partial charge on any atom is 0.266 e. The van der Waals surface area contributed by atoms with Crippen molar-refractivity contribution in [2.24, 2.45) is 0 Å². The first-order valence-electron chi connectivity index (χ1n) is 9.96. The minimum Gasteiger partial charge on any atom is -0.308 e. The number of carbonyl (C=O) groups is 2. The fourth-order valence-electron chi connectivity index (χ4n) is 4.16. The van der Waals surface area contributed by atoms with Gasteiger partial charge in [-0.25, -0.2) is 4.90 Å². The largest absolute Gasteiger partial charge is 0.308 e. The molecule has 0 aliphatic carbocycles. The average Bonchev–Trinajstić information content (AvgIpc) is 3.07. The normalized spacial score (nSPS) is 14.3. The second-order valence-corrected chi connectivity index (χ2v) is 8.47. The van der Waals surface area contributed by atoms with Crippen LogP contribution < -0.4 is 9.80 Å². The number of amides is 2. The van der Waals surface area contributed by atoms with E-state index in [1.54, 1.807) is 30.0 Å². The van der Waals surface area contributed by atoms with Crippen LogP contribution in [0.25, 0.3) is 0 Å². The Morgan fingerprint density at radius 2 is 1.10 bits per heavy atom. The molecular formula is C26H16N2O2S. The molecule has 2 aliphatic heterocycles. The number of anilines is 4. The van der Waals surface area contributed by atoms with Crippen molar-refractivity contribution >= 4 is 46.3 Å². The lowest BCUT2D eigenvalue weighted by Gasteiger charge is -2.32. The third kappa shape index (κ3) is 2.71. The molecule has 2 aliphatic rings. The van der Waals surface area contributed by atoms with Crippen LogP contribution in [0.5, 0.6) is 0 Å². The molecule has 0 N–H and O–H groups in total. The summed E-state index contributed by atoms with van der Waals surface area (Å²) < 4.78 is 0. The van der Waals surface area contributed by atoms with Gasteiger partial charge in [0.2, 0.25) is 0 Å². The summed E-state index contributed by atoms with van der Waals surface area (Å²) in [5.74, 6) is -0.575. The van der Waals surface area contributed by atoms with Gasteiger partial charge in [-0.15, -0.1) is 0 Å². The molecule has 4 nitrogen and oxygen atoms in total. The summed E-state index contributed by atoms with van der Waals surface area (Å²) in [6.07, 6.45) is 0. The van der Waals surface area contributed by atoms with Gasteiger partial charge in [0, 0.05) is 15.5 Å². The average molecular weight is 420 g/mol. The summed E-state index contributed by atoms with van der Waals surface area (Å²) in [4.78, 5) is 31.9. The molecule has 4 aromatic rings. The van der Waals surface area contributed by atoms with Crippen LogP contribution in [-0.2, 0) is 0 Å². The van der Waals surface area contributed by atoms with Crippen molar-refractivity contribution in [2.75, 3.05) is 9.80 Å². The topological polar surface area (TPSA) is 40.6 Å². The Labute approximate surface area is 183 Å². The van der Waals surface area contributed by atoms with Gasteiger partial charge in [-0.2, -0.15) is 0 Å². The molecule has 2 amide bonds. The number of imide groups is 1. The van der Waals surface area contributed by atoms with Crippen LogP contribution in [0.4, 0.5) is 22.7 Å². The van der Waals surface area contributed by atoms with E-state index in [2.05, 4.69) is 29.2 Å². The van der Waals surface area contributed by atoms with Gasteiger partial charge in [-0.3, -0.25) is 9.59 Å². The van der Waals surface area contributed by atoms with E-state index in [1.807, 2.05) is 54.6 Å². The Kier molecular flexibility index (Phi) is 3.98. The highest BCUT2D eigenvalue weighted by atomic mass is 32.2. The predicted octanol–water partition coefficient (Wildman–Crippen LogP) is 6.42. The van der Waals surface area contributed by atoms with E-state index in [1.165, 1.54) is 4.90 Å².